The van der Waals surface area contributed by atoms with Crippen LogP contribution in [0.5, 0.6) is 0 Å². The van der Waals surface area contributed by atoms with E-state index in [4.69, 9.17) is 10.3 Å². The highest BCUT2D eigenvalue weighted by molar-refractivity contribution is 9.10. The van der Waals surface area contributed by atoms with Gasteiger partial charge in [0.15, 0.2) is 11.6 Å². The lowest BCUT2D eigenvalue weighted by atomic mass is 9.98. The molecule has 2 aromatic carbocycles. The van der Waals surface area contributed by atoms with Crippen molar-refractivity contribution in [2.75, 3.05) is 5.73 Å². The molecule has 0 aliphatic carbocycles. The minimum Gasteiger partial charge on any atom is -0.380 e. The van der Waals surface area contributed by atoms with Crippen LogP contribution in [0.2, 0.25) is 0 Å². The number of aromatic nitrogens is 1. The molecule has 0 spiro atoms. The molecule has 3 nitrogen and oxygen atoms in total. The molecule has 0 fully saturated rings. The van der Waals surface area contributed by atoms with Gasteiger partial charge in [0.2, 0.25) is 0 Å². The van der Waals surface area contributed by atoms with Gasteiger partial charge in [0, 0.05) is 10.0 Å². The van der Waals surface area contributed by atoms with Crippen LogP contribution in [0, 0.1) is 13.8 Å². The summed E-state index contributed by atoms with van der Waals surface area (Å²) in [5.41, 5.74) is 11.2. The monoisotopic (exact) mass is 342 g/mol. The summed E-state index contributed by atoms with van der Waals surface area (Å²) in [6.07, 6.45) is 0. The Balaban J connectivity index is 2.24. The second kappa shape index (κ2) is 5.37. The summed E-state index contributed by atoms with van der Waals surface area (Å²) in [5, 5.41) is 3.96. The zero-order valence-corrected chi connectivity index (χ0v) is 13.4. The van der Waals surface area contributed by atoms with E-state index in [-0.39, 0.29) is 0 Å². The maximum absolute atomic E-state index is 6.03. The molecule has 0 bridgehead atoms. The molecule has 0 aliphatic rings. The van der Waals surface area contributed by atoms with E-state index < -0.39 is 0 Å². The van der Waals surface area contributed by atoms with E-state index in [9.17, 15) is 0 Å². The summed E-state index contributed by atoms with van der Waals surface area (Å²) in [5.74, 6) is 1.12. The standard InChI is InChI=1S/C17H15BrN2O/c1-10-4-3-5-12(8-10)15-16(21-20-17(15)19)14-9-13(18)7-6-11(14)2/h3-9H,1-2H3,(H2,19,20). The van der Waals surface area contributed by atoms with Crippen LogP contribution in [-0.2, 0) is 0 Å². The van der Waals surface area contributed by atoms with Gasteiger partial charge in [-0.3, -0.25) is 0 Å². The maximum Gasteiger partial charge on any atom is 0.177 e. The molecule has 0 atom stereocenters. The highest BCUT2D eigenvalue weighted by Gasteiger charge is 2.19. The van der Waals surface area contributed by atoms with Crippen LogP contribution in [-0.4, -0.2) is 5.16 Å². The van der Waals surface area contributed by atoms with Crippen molar-refractivity contribution in [2.45, 2.75) is 13.8 Å². The third-order valence-electron chi connectivity index (χ3n) is 3.47. The Morgan fingerprint density at radius 2 is 1.90 bits per heavy atom. The Morgan fingerprint density at radius 3 is 2.67 bits per heavy atom. The highest BCUT2D eigenvalue weighted by Crippen LogP contribution is 2.38. The Labute approximate surface area is 131 Å². The quantitative estimate of drug-likeness (QED) is 0.715. The molecule has 1 heterocycles. The molecule has 106 valence electrons. The smallest absolute Gasteiger partial charge is 0.177 e. The first-order valence-corrected chi connectivity index (χ1v) is 7.44. The van der Waals surface area contributed by atoms with Crippen molar-refractivity contribution in [3.05, 3.63) is 58.1 Å². The summed E-state index contributed by atoms with van der Waals surface area (Å²) in [6, 6.07) is 14.2. The van der Waals surface area contributed by atoms with Gasteiger partial charge in [-0.05, 0) is 37.1 Å². The predicted molar refractivity (Wildman–Crippen MR) is 89.0 cm³/mol. The minimum absolute atomic E-state index is 0.412. The molecule has 0 unspecified atom stereocenters. The summed E-state index contributed by atoms with van der Waals surface area (Å²) in [7, 11) is 0. The van der Waals surface area contributed by atoms with Gasteiger partial charge in [0.05, 0.1) is 5.56 Å². The van der Waals surface area contributed by atoms with Crippen LogP contribution < -0.4 is 5.73 Å². The number of hydrogen-bond donors (Lipinski definition) is 1. The van der Waals surface area contributed by atoms with E-state index in [2.05, 4.69) is 40.1 Å². The summed E-state index contributed by atoms with van der Waals surface area (Å²) in [6.45, 7) is 4.09. The van der Waals surface area contributed by atoms with Crippen molar-refractivity contribution in [2.24, 2.45) is 0 Å². The van der Waals surface area contributed by atoms with E-state index in [1.807, 2.05) is 37.3 Å². The third-order valence-corrected chi connectivity index (χ3v) is 3.96. The number of halogens is 1. The SMILES string of the molecule is Cc1cccc(-c2c(N)noc2-c2cc(Br)ccc2C)c1. The normalized spacial score (nSPS) is 10.8. The largest absolute Gasteiger partial charge is 0.380 e. The summed E-state index contributed by atoms with van der Waals surface area (Å²) >= 11 is 3.50. The molecule has 21 heavy (non-hydrogen) atoms. The Kier molecular flexibility index (Phi) is 3.55. The molecule has 2 N–H and O–H groups in total. The van der Waals surface area contributed by atoms with Crippen LogP contribution in [0.15, 0.2) is 51.5 Å². The van der Waals surface area contributed by atoms with Gasteiger partial charge in [-0.2, -0.15) is 0 Å². The first-order valence-electron chi connectivity index (χ1n) is 6.65. The van der Waals surface area contributed by atoms with Crippen molar-refractivity contribution in [3.8, 4) is 22.5 Å². The topological polar surface area (TPSA) is 52.0 Å². The van der Waals surface area contributed by atoms with Crippen LogP contribution >= 0.6 is 15.9 Å². The minimum atomic E-state index is 0.412. The molecule has 0 aliphatic heterocycles. The molecular weight excluding hydrogens is 328 g/mol. The number of nitrogens with two attached hydrogens (primary N) is 1. The van der Waals surface area contributed by atoms with Crippen LogP contribution in [0.4, 0.5) is 5.82 Å². The predicted octanol–water partition coefficient (Wildman–Crippen LogP) is 4.97. The molecule has 4 heteroatoms. The van der Waals surface area contributed by atoms with Gasteiger partial charge >= 0.3 is 0 Å². The molecule has 3 aromatic rings. The van der Waals surface area contributed by atoms with Gasteiger partial charge in [-0.25, -0.2) is 0 Å². The Morgan fingerprint density at radius 1 is 1.10 bits per heavy atom. The number of rotatable bonds is 2. The number of nitrogen functional groups attached to an aromatic ring is 1. The van der Waals surface area contributed by atoms with E-state index >= 15 is 0 Å². The average molecular weight is 343 g/mol. The van der Waals surface area contributed by atoms with Gasteiger partial charge in [-0.15, -0.1) is 0 Å². The Bertz CT molecular complexity index is 808. The zero-order valence-electron chi connectivity index (χ0n) is 11.9. The molecule has 3 rings (SSSR count). The first kappa shape index (κ1) is 13.9. The second-order valence-corrected chi connectivity index (χ2v) is 6.02. The lowest BCUT2D eigenvalue weighted by Gasteiger charge is -2.07. The van der Waals surface area contributed by atoms with Gasteiger partial charge in [0.1, 0.15) is 0 Å². The second-order valence-electron chi connectivity index (χ2n) is 5.10. The van der Waals surface area contributed by atoms with Crippen LogP contribution in [0.1, 0.15) is 11.1 Å². The van der Waals surface area contributed by atoms with Crippen LogP contribution in [0.25, 0.3) is 22.5 Å². The van der Waals surface area contributed by atoms with Crippen molar-refractivity contribution in [3.63, 3.8) is 0 Å². The number of hydrogen-bond acceptors (Lipinski definition) is 3. The molecule has 0 radical (unpaired) electrons. The lowest BCUT2D eigenvalue weighted by molar-refractivity contribution is 0.436. The molecular formula is C17H15BrN2O. The summed E-state index contributed by atoms with van der Waals surface area (Å²) < 4.78 is 6.51. The van der Waals surface area contributed by atoms with Crippen molar-refractivity contribution in [1.29, 1.82) is 0 Å². The molecule has 0 amide bonds. The third kappa shape index (κ3) is 2.59. The van der Waals surface area contributed by atoms with E-state index in [1.165, 1.54) is 5.56 Å². The fourth-order valence-electron chi connectivity index (χ4n) is 2.40. The zero-order chi connectivity index (χ0) is 15.0. The highest BCUT2D eigenvalue weighted by atomic mass is 79.9. The first-order chi connectivity index (χ1) is 10.1. The van der Waals surface area contributed by atoms with Crippen molar-refractivity contribution >= 4 is 21.7 Å². The maximum atomic E-state index is 6.03. The van der Waals surface area contributed by atoms with Crippen molar-refractivity contribution < 1.29 is 4.52 Å². The lowest BCUT2D eigenvalue weighted by Crippen LogP contribution is -1.90. The number of benzene rings is 2. The molecule has 0 saturated carbocycles. The van der Waals surface area contributed by atoms with E-state index in [1.54, 1.807) is 0 Å². The van der Waals surface area contributed by atoms with E-state index in [0.29, 0.717) is 11.6 Å². The molecule has 1 aromatic heterocycles. The van der Waals surface area contributed by atoms with Crippen LogP contribution in [0.3, 0.4) is 0 Å². The van der Waals surface area contributed by atoms with Gasteiger partial charge in [-0.1, -0.05) is 57.0 Å². The number of anilines is 1. The fraction of sp³-hybridized carbons (Fsp3) is 0.118. The fourth-order valence-corrected chi connectivity index (χ4v) is 2.77. The summed E-state index contributed by atoms with van der Waals surface area (Å²) in [4.78, 5) is 0. The van der Waals surface area contributed by atoms with Gasteiger partial charge in [0.25, 0.3) is 0 Å². The number of nitrogens with zero attached hydrogens (tertiary/aromatic N) is 1. The van der Waals surface area contributed by atoms with Gasteiger partial charge < -0.3 is 10.3 Å². The van der Waals surface area contributed by atoms with E-state index in [0.717, 1.165) is 26.7 Å². The van der Waals surface area contributed by atoms with Crippen molar-refractivity contribution in [1.82, 2.24) is 5.16 Å². The number of aryl methyl sites for hydroxylation is 2. The average Bonchev–Trinajstić information content (AvgIpc) is 2.83. The Hall–Kier alpha value is -2.07. The molecule has 0 saturated heterocycles.